The average molecular weight is 319 g/mol. The van der Waals surface area contributed by atoms with Crippen molar-refractivity contribution in [1.29, 1.82) is 0 Å². The molecule has 1 unspecified atom stereocenters. The summed E-state index contributed by atoms with van der Waals surface area (Å²) in [6.07, 6.45) is 2.15. The molecule has 2 aromatic rings. The van der Waals surface area contributed by atoms with E-state index in [9.17, 15) is 0 Å². The highest BCUT2D eigenvalue weighted by molar-refractivity contribution is 8.06. The molecule has 4 rings (SSSR count). The fourth-order valence-corrected chi connectivity index (χ4v) is 5.34. The third kappa shape index (κ3) is 2.44. The van der Waals surface area contributed by atoms with E-state index in [-0.39, 0.29) is 5.41 Å². The van der Waals surface area contributed by atoms with Crippen molar-refractivity contribution in [2.24, 2.45) is 0 Å². The first-order valence-corrected chi connectivity index (χ1v) is 9.38. The van der Waals surface area contributed by atoms with Crippen molar-refractivity contribution >= 4 is 29.2 Å². The van der Waals surface area contributed by atoms with Gasteiger partial charge in [-0.3, -0.25) is 0 Å². The van der Waals surface area contributed by atoms with Gasteiger partial charge in [-0.1, -0.05) is 17.3 Å². The Bertz CT molecular complexity index is 631. The molecule has 0 spiro atoms. The van der Waals surface area contributed by atoms with Gasteiger partial charge in [0.15, 0.2) is 5.82 Å². The van der Waals surface area contributed by atoms with Crippen molar-refractivity contribution < 1.29 is 4.52 Å². The number of benzene rings is 1. The van der Waals surface area contributed by atoms with Crippen LogP contribution in [0.5, 0.6) is 0 Å². The molecule has 0 amide bonds. The summed E-state index contributed by atoms with van der Waals surface area (Å²) in [6, 6.07) is 8.05. The number of thioether (sulfide) groups is 2. The largest absolute Gasteiger partial charge is 0.399 e. The minimum absolute atomic E-state index is 0.0641. The quantitative estimate of drug-likeness (QED) is 0.876. The highest BCUT2D eigenvalue weighted by Gasteiger charge is 2.51. The first-order valence-electron chi connectivity index (χ1n) is 7.17. The fourth-order valence-electron chi connectivity index (χ4n) is 2.75. The summed E-state index contributed by atoms with van der Waals surface area (Å²) in [6.45, 7) is 0. The van der Waals surface area contributed by atoms with Crippen LogP contribution in [0.3, 0.4) is 0 Å². The van der Waals surface area contributed by atoms with Gasteiger partial charge in [0.1, 0.15) is 0 Å². The van der Waals surface area contributed by atoms with Gasteiger partial charge >= 0.3 is 0 Å². The second kappa shape index (κ2) is 5.25. The summed E-state index contributed by atoms with van der Waals surface area (Å²) in [5, 5.41) is 4.62. The monoisotopic (exact) mass is 319 g/mol. The SMILES string of the molecule is Nc1ccc(C2(c3nc(C4CSCCS4)no3)CC2)cc1. The zero-order valence-corrected chi connectivity index (χ0v) is 13.3. The molecular weight excluding hydrogens is 302 g/mol. The first-order chi connectivity index (χ1) is 10.3. The lowest BCUT2D eigenvalue weighted by Gasteiger charge is -2.17. The van der Waals surface area contributed by atoms with Crippen LogP contribution >= 0.6 is 23.5 Å². The lowest BCUT2D eigenvalue weighted by molar-refractivity contribution is 0.355. The summed E-state index contributed by atoms with van der Waals surface area (Å²) in [4.78, 5) is 4.72. The average Bonchev–Trinajstić information content (AvgIpc) is 3.19. The van der Waals surface area contributed by atoms with Crippen LogP contribution in [0, 0.1) is 0 Å². The van der Waals surface area contributed by atoms with Crippen molar-refractivity contribution in [3.8, 4) is 0 Å². The summed E-state index contributed by atoms with van der Waals surface area (Å²) in [5.41, 5.74) is 7.73. The molecule has 1 aromatic heterocycles. The third-order valence-corrected chi connectivity index (χ3v) is 6.92. The maximum Gasteiger partial charge on any atom is 0.237 e. The van der Waals surface area contributed by atoms with E-state index in [4.69, 9.17) is 15.2 Å². The minimum Gasteiger partial charge on any atom is -0.399 e. The van der Waals surface area contributed by atoms with Gasteiger partial charge < -0.3 is 10.3 Å². The molecule has 1 aliphatic carbocycles. The topological polar surface area (TPSA) is 64.9 Å². The van der Waals surface area contributed by atoms with Crippen LogP contribution in [0.15, 0.2) is 28.8 Å². The Morgan fingerprint density at radius 3 is 2.67 bits per heavy atom. The Hall–Kier alpha value is -1.14. The van der Waals surface area contributed by atoms with Crippen LogP contribution in [-0.2, 0) is 5.41 Å². The molecular formula is C15H17N3OS2. The van der Waals surface area contributed by atoms with Gasteiger partial charge in [-0.2, -0.15) is 16.7 Å². The molecule has 6 heteroatoms. The van der Waals surface area contributed by atoms with E-state index in [2.05, 4.69) is 17.3 Å². The molecule has 1 aliphatic heterocycles. The van der Waals surface area contributed by atoms with E-state index in [0.29, 0.717) is 5.25 Å². The molecule has 2 fully saturated rings. The third-order valence-electron chi connectivity index (χ3n) is 4.17. The first kappa shape index (κ1) is 13.5. The number of hydrogen-bond acceptors (Lipinski definition) is 6. The Kier molecular flexibility index (Phi) is 3.38. The van der Waals surface area contributed by atoms with Gasteiger partial charge in [-0.05, 0) is 30.5 Å². The number of aromatic nitrogens is 2. The summed E-state index contributed by atoms with van der Waals surface area (Å²) < 4.78 is 5.61. The molecule has 1 saturated heterocycles. The number of hydrogen-bond donors (Lipinski definition) is 1. The zero-order valence-electron chi connectivity index (χ0n) is 11.6. The second-order valence-corrected chi connectivity index (χ2v) is 8.06. The van der Waals surface area contributed by atoms with Crippen LogP contribution in [0.2, 0.25) is 0 Å². The molecule has 0 bridgehead atoms. The Balaban J connectivity index is 1.61. The second-order valence-electron chi connectivity index (χ2n) is 5.60. The van der Waals surface area contributed by atoms with Crippen molar-refractivity contribution in [3.05, 3.63) is 41.5 Å². The van der Waals surface area contributed by atoms with Crippen molar-refractivity contribution in [2.75, 3.05) is 23.0 Å². The van der Waals surface area contributed by atoms with Crippen LogP contribution < -0.4 is 5.73 Å². The maximum atomic E-state index is 5.77. The zero-order chi connectivity index (χ0) is 14.3. The lowest BCUT2D eigenvalue weighted by atomic mass is 9.96. The van der Waals surface area contributed by atoms with E-state index in [1.54, 1.807) is 0 Å². The Morgan fingerprint density at radius 1 is 1.19 bits per heavy atom. The molecule has 2 N–H and O–H groups in total. The Morgan fingerprint density at radius 2 is 2.00 bits per heavy atom. The molecule has 4 nitrogen and oxygen atoms in total. The van der Waals surface area contributed by atoms with E-state index in [0.717, 1.165) is 36.0 Å². The van der Waals surface area contributed by atoms with E-state index >= 15 is 0 Å². The van der Waals surface area contributed by atoms with E-state index in [1.807, 2.05) is 35.7 Å². The molecule has 2 heterocycles. The van der Waals surface area contributed by atoms with Crippen LogP contribution in [0.25, 0.3) is 0 Å². The molecule has 1 saturated carbocycles. The lowest BCUT2D eigenvalue weighted by Crippen LogP contribution is -2.11. The normalized spacial score (nSPS) is 23.9. The predicted molar refractivity (Wildman–Crippen MR) is 87.7 cm³/mol. The van der Waals surface area contributed by atoms with Crippen molar-refractivity contribution in [3.63, 3.8) is 0 Å². The molecule has 21 heavy (non-hydrogen) atoms. The molecule has 2 aliphatic rings. The Labute approximate surface area is 132 Å². The minimum atomic E-state index is -0.0641. The van der Waals surface area contributed by atoms with Gasteiger partial charge in [0.2, 0.25) is 5.89 Å². The number of nitrogens with two attached hydrogens (primary N) is 1. The molecule has 1 atom stereocenters. The summed E-state index contributed by atoms with van der Waals surface area (Å²) in [7, 11) is 0. The van der Waals surface area contributed by atoms with Gasteiger partial charge in [-0.15, -0.1) is 11.8 Å². The van der Waals surface area contributed by atoms with E-state index in [1.165, 1.54) is 17.1 Å². The molecule has 0 radical (unpaired) electrons. The smallest absolute Gasteiger partial charge is 0.237 e. The van der Waals surface area contributed by atoms with Gasteiger partial charge in [0, 0.05) is 22.9 Å². The summed E-state index contributed by atoms with van der Waals surface area (Å²) in [5.74, 6) is 5.12. The van der Waals surface area contributed by atoms with Crippen LogP contribution in [0.4, 0.5) is 5.69 Å². The molecule has 110 valence electrons. The number of anilines is 1. The predicted octanol–water partition coefficient (Wildman–Crippen LogP) is 3.25. The highest BCUT2D eigenvalue weighted by atomic mass is 32.2. The van der Waals surface area contributed by atoms with Gasteiger partial charge in [-0.25, -0.2) is 0 Å². The number of nitrogen functional groups attached to an aromatic ring is 1. The fraction of sp³-hybridized carbons (Fsp3) is 0.467. The highest BCUT2D eigenvalue weighted by Crippen LogP contribution is 2.53. The van der Waals surface area contributed by atoms with Crippen LogP contribution in [-0.4, -0.2) is 27.4 Å². The maximum absolute atomic E-state index is 5.77. The van der Waals surface area contributed by atoms with Crippen molar-refractivity contribution in [1.82, 2.24) is 10.1 Å². The number of nitrogens with zero attached hydrogens (tertiary/aromatic N) is 2. The molecule has 1 aromatic carbocycles. The summed E-state index contributed by atoms with van der Waals surface area (Å²) >= 11 is 3.91. The van der Waals surface area contributed by atoms with Crippen LogP contribution in [0.1, 0.15) is 35.4 Å². The number of rotatable bonds is 3. The standard InChI is InChI=1S/C15H17N3OS2/c16-11-3-1-10(2-4-11)15(5-6-15)14-17-13(18-19-14)12-9-20-7-8-21-12/h1-4,12H,5-9,16H2. The van der Waals surface area contributed by atoms with Gasteiger partial charge in [0.05, 0.1) is 10.7 Å². The van der Waals surface area contributed by atoms with Crippen molar-refractivity contribution in [2.45, 2.75) is 23.5 Å². The van der Waals surface area contributed by atoms with Gasteiger partial charge in [0.25, 0.3) is 0 Å². The van der Waals surface area contributed by atoms with E-state index < -0.39 is 0 Å².